The summed E-state index contributed by atoms with van der Waals surface area (Å²) in [4.78, 5) is 4.95. The van der Waals surface area contributed by atoms with E-state index in [-0.39, 0.29) is 0 Å². The minimum absolute atomic E-state index is 0.764. The van der Waals surface area contributed by atoms with Gasteiger partial charge < -0.3 is 0 Å². The first-order valence-corrected chi connectivity index (χ1v) is 8.81. The molecule has 0 atom stereocenters. The second-order valence-electron chi connectivity index (χ2n) is 6.18. The summed E-state index contributed by atoms with van der Waals surface area (Å²) >= 11 is 12.6. The maximum absolute atomic E-state index is 6.28. The Morgan fingerprint density at radius 1 is 0.783 bits per heavy atom. The van der Waals surface area contributed by atoms with Crippen molar-refractivity contribution < 1.29 is 0 Å². The molecular formula is C19H22Cl2N2. The molecule has 0 amide bonds. The zero-order valence-corrected chi connectivity index (χ0v) is 14.9. The normalized spacial score (nSPS) is 16.7. The van der Waals surface area contributed by atoms with E-state index in [0.29, 0.717) is 0 Å². The molecule has 0 N–H and O–H groups in total. The number of nitrogens with zero attached hydrogens (tertiary/aromatic N) is 2. The second kappa shape index (κ2) is 7.67. The van der Waals surface area contributed by atoms with Crippen LogP contribution < -0.4 is 0 Å². The maximum atomic E-state index is 6.28. The fraction of sp³-hybridized carbons (Fsp3) is 0.368. The largest absolute Gasteiger partial charge is 0.297 e. The van der Waals surface area contributed by atoms with E-state index in [9.17, 15) is 0 Å². The minimum Gasteiger partial charge on any atom is -0.297 e. The lowest BCUT2D eigenvalue weighted by molar-refractivity contribution is 0.122. The SMILES string of the molecule is Cc1ccccc1CN1CCN(Cc2c(Cl)cccc2Cl)CC1. The van der Waals surface area contributed by atoms with Gasteiger partial charge in [-0.05, 0) is 30.2 Å². The first-order chi connectivity index (χ1) is 11.1. The van der Waals surface area contributed by atoms with Gasteiger partial charge in [-0.2, -0.15) is 0 Å². The van der Waals surface area contributed by atoms with Gasteiger partial charge in [-0.25, -0.2) is 0 Å². The predicted molar refractivity (Wildman–Crippen MR) is 98.2 cm³/mol. The topological polar surface area (TPSA) is 6.48 Å². The highest BCUT2D eigenvalue weighted by atomic mass is 35.5. The van der Waals surface area contributed by atoms with Gasteiger partial charge in [0.2, 0.25) is 0 Å². The molecule has 1 fully saturated rings. The van der Waals surface area contributed by atoms with Crippen molar-refractivity contribution in [3.63, 3.8) is 0 Å². The maximum Gasteiger partial charge on any atom is 0.0465 e. The van der Waals surface area contributed by atoms with Crippen LogP contribution in [0.15, 0.2) is 42.5 Å². The number of hydrogen-bond donors (Lipinski definition) is 0. The zero-order valence-electron chi connectivity index (χ0n) is 13.4. The van der Waals surface area contributed by atoms with Crippen LogP contribution in [0.25, 0.3) is 0 Å². The highest BCUT2D eigenvalue weighted by Crippen LogP contribution is 2.26. The number of benzene rings is 2. The van der Waals surface area contributed by atoms with E-state index in [0.717, 1.165) is 54.9 Å². The third kappa shape index (κ3) is 4.27. The Kier molecular flexibility index (Phi) is 5.60. The minimum atomic E-state index is 0.764. The number of halogens is 2. The Bertz CT molecular complexity index is 644. The summed E-state index contributed by atoms with van der Waals surface area (Å²) in [5.41, 5.74) is 3.84. The number of piperazine rings is 1. The van der Waals surface area contributed by atoms with E-state index in [4.69, 9.17) is 23.2 Å². The second-order valence-corrected chi connectivity index (χ2v) is 6.99. The molecule has 2 aromatic rings. The Hall–Kier alpha value is -1.06. The van der Waals surface area contributed by atoms with Crippen molar-refractivity contribution in [3.05, 3.63) is 69.2 Å². The zero-order chi connectivity index (χ0) is 16.2. The van der Waals surface area contributed by atoms with Crippen molar-refractivity contribution in [2.75, 3.05) is 26.2 Å². The van der Waals surface area contributed by atoms with Gasteiger partial charge in [-0.3, -0.25) is 9.80 Å². The standard InChI is InChI=1S/C19H22Cl2N2/c1-15-5-2-3-6-16(15)13-22-9-11-23(12-10-22)14-17-18(20)7-4-8-19(17)21/h2-8H,9-14H2,1H3. The van der Waals surface area contributed by atoms with Crippen LogP contribution in [0, 0.1) is 6.92 Å². The van der Waals surface area contributed by atoms with E-state index in [2.05, 4.69) is 41.0 Å². The first-order valence-electron chi connectivity index (χ1n) is 8.05. The molecule has 4 heteroatoms. The molecule has 1 aliphatic rings. The van der Waals surface area contributed by atoms with Crippen molar-refractivity contribution in [2.45, 2.75) is 20.0 Å². The first kappa shape index (κ1) is 16.8. The van der Waals surface area contributed by atoms with Crippen LogP contribution in [0.3, 0.4) is 0 Å². The van der Waals surface area contributed by atoms with Crippen LogP contribution in [0.4, 0.5) is 0 Å². The van der Waals surface area contributed by atoms with Gasteiger partial charge in [0.25, 0.3) is 0 Å². The lowest BCUT2D eigenvalue weighted by Crippen LogP contribution is -2.45. The lowest BCUT2D eigenvalue weighted by Gasteiger charge is -2.35. The average Bonchev–Trinajstić information content (AvgIpc) is 2.55. The molecule has 23 heavy (non-hydrogen) atoms. The van der Waals surface area contributed by atoms with E-state index < -0.39 is 0 Å². The van der Waals surface area contributed by atoms with Gasteiger partial charge in [0.15, 0.2) is 0 Å². The van der Waals surface area contributed by atoms with E-state index in [1.165, 1.54) is 11.1 Å². The summed E-state index contributed by atoms with van der Waals surface area (Å²) < 4.78 is 0. The van der Waals surface area contributed by atoms with E-state index in [1.807, 2.05) is 18.2 Å². The molecule has 0 unspecified atom stereocenters. The average molecular weight is 349 g/mol. The Morgan fingerprint density at radius 3 is 1.96 bits per heavy atom. The van der Waals surface area contributed by atoms with Crippen molar-refractivity contribution in [2.24, 2.45) is 0 Å². The Morgan fingerprint density at radius 2 is 1.35 bits per heavy atom. The van der Waals surface area contributed by atoms with Crippen LogP contribution >= 0.6 is 23.2 Å². The third-order valence-corrected chi connectivity index (χ3v) is 5.27. The Balaban J connectivity index is 1.56. The molecule has 0 radical (unpaired) electrons. The summed E-state index contributed by atoms with van der Waals surface area (Å²) in [6, 6.07) is 14.4. The molecule has 0 aliphatic carbocycles. The summed E-state index contributed by atoms with van der Waals surface area (Å²) in [7, 11) is 0. The smallest absolute Gasteiger partial charge is 0.0465 e. The molecule has 0 aromatic heterocycles. The van der Waals surface area contributed by atoms with Gasteiger partial charge >= 0.3 is 0 Å². The number of hydrogen-bond acceptors (Lipinski definition) is 2. The van der Waals surface area contributed by atoms with Gasteiger partial charge in [-0.1, -0.05) is 53.5 Å². The molecule has 1 saturated heterocycles. The molecule has 0 bridgehead atoms. The fourth-order valence-corrected chi connectivity index (χ4v) is 3.56. The summed E-state index contributed by atoms with van der Waals surface area (Å²) in [6.07, 6.45) is 0. The van der Waals surface area contributed by atoms with Crippen molar-refractivity contribution in [1.82, 2.24) is 9.80 Å². The lowest BCUT2D eigenvalue weighted by atomic mass is 10.1. The number of aryl methyl sites for hydroxylation is 1. The van der Waals surface area contributed by atoms with E-state index >= 15 is 0 Å². The summed E-state index contributed by atoms with van der Waals surface area (Å²) in [5, 5.41) is 1.53. The van der Waals surface area contributed by atoms with Gasteiger partial charge in [0.1, 0.15) is 0 Å². The van der Waals surface area contributed by atoms with Crippen LogP contribution in [0.2, 0.25) is 10.0 Å². The van der Waals surface area contributed by atoms with Crippen molar-refractivity contribution >= 4 is 23.2 Å². The molecule has 0 saturated carbocycles. The monoisotopic (exact) mass is 348 g/mol. The van der Waals surface area contributed by atoms with Gasteiger partial charge in [0.05, 0.1) is 0 Å². The highest BCUT2D eigenvalue weighted by Gasteiger charge is 2.19. The summed E-state index contributed by atoms with van der Waals surface area (Å²) in [5.74, 6) is 0. The molecule has 0 spiro atoms. The molecular weight excluding hydrogens is 327 g/mol. The molecule has 1 aliphatic heterocycles. The van der Waals surface area contributed by atoms with Crippen LogP contribution in [-0.2, 0) is 13.1 Å². The number of rotatable bonds is 4. The fourth-order valence-electron chi connectivity index (χ4n) is 3.04. The molecule has 1 heterocycles. The molecule has 122 valence electrons. The highest BCUT2D eigenvalue weighted by molar-refractivity contribution is 6.35. The molecule has 2 aromatic carbocycles. The third-order valence-electron chi connectivity index (χ3n) is 4.56. The van der Waals surface area contributed by atoms with Gasteiger partial charge in [-0.15, -0.1) is 0 Å². The van der Waals surface area contributed by atoms with Crippen LogP contribution in [0.1, 0.15) is 16.7 Å². The van der Waals surface area contributed by atoms with Gasteiger partial charge in [0, 0.05) is 54.9 Å². The van der Waals surface area contributed by atoms with Crippen molar-refractivity contribution in [1.29, 1.82) is 0 Å². The van der Waals surface area contributed by atoms with E-state index in [1.54, 1.807) is 0 Å². The molecule has 2 nitrogen and oxygen atoms in total. The molecule has 3 rings (SSSR count). The van der Waals surface area contributed by atoms with Crippen LogP contribution in [0.5, 0.6) is 0 Å². The quantitative estimate of drug-likeness (QED) is 0.795. The predicted octanol–water partition coefficient (Wildman–Crippen LogP) is 4.62. The summed E-state index contributed by atoms with van der Waals surface area (Å²) in [6.45, 7) is 8.31. The van der Waals surface area contributed by atoms with Crippen molar-refractivity contribution in [3.8, 4) is 0 Å². The van der Waals surface area contributed by atoms with Crippen LogP contribution in [-0.4, -0.2) is 36.0 Å². The Labute approximate surface area is 148 Å².